The highest BCUT2D eigenvalue weighted by atomic mass is 32.2. The predicted octanol–water partition coefficient (Wildman–Crippen LogP) is 0.0574. The lowest BCUT2D eigenvalue weighted by Crippen LogP contribution is -2.40. The number of esters is 1. The number of thioether (sulfide) groups is 1. The van der Waals surface area contributed by atoms with Crippen molar-refractivity contribution in [2.45, 2.75) is 27.2 Å². The molecule has 0 rings (SSSR count). The SMILES string of the molecule is CCC(C)C(=O)OCCNC(=O)NCCSCC(C)C(=O)N(CCO)CCO. The summed E-state index contributed by atoms with van der Waals surface area (Å²) in [5.41, 5.74) is 0. The van der Waals surface area contributed by atoms with Gasteiger partial charge < -0.3 is 30.5 Å². The van der Waals surface area contributed by atoms with Crippen molar-refractivity contribution >= 4 is 29.7 Å². The van der Waals surface area contributed by atoms with E-state index < -0.39 is 0 Å². The Balaban J connectivity index is 3.82. The lowest BCUT2D eigenvalue weighted by molar-refractivity contribution is -0.147. The molecular weight excluding hydrogens is 386 g/mol. The smallest absolute Gasteiger partial charge is 0.314 e. The maximum absolute atomic E-state index is 12.2. The van der Waals surface area contributed by atoms with Crippen LogP contribution in [0, 0.1) is 11.8 Å². The van der Waals surface area contributed by atoms with E-state index in [0.717, 1.165) is 6.42 Å². The number of nitrogens with one attached hydrogen (secondary N) is 2. The summed E-state index contributed by atoms with van der Waals surface area (Å²) in [5.74, 6) is 0.487. The molecule has 9 nitrogen and oxygen atoms in total. The van der Waals surface area contributed by atoms with Crippen LogP contribution in [0.3, 0.4) is 0 Å². The summed E-state index contributed by atoms with van der Waals surface area (Å²) in [6.07, 6.45) is 0.718. The van der Waals surface area contributed by atoms with Crippen LogP contribution in [0.2, 0.25) is 0 Å². The second kappa shape index (κ2) is 16.4. The molecule has 0 fully saturated rings. The Labute approximate surface area is 171 Å². The van der Waals surface area contributed by atoms with Gasteiger partial charge in [-0.3, -0.25) is 9.59 Å². The van der Waals surface area contributed by atoms with Gasteiger partial charge >= 0.3 is 12.0 Å². The van der Waals surface area contributed by atoms with Gasteiger partial charge in [0.25, 0.3) is 0 Å². The van der Waals surface area contributed by atoms with E-state index in [1.165, 1.54) is 16.7 Å². The van der Waals surface area contributed by atoms with Gasteiger partial charge in [-0.2, -0.15) is 11.8 Å². The van der Waals surface area contributed by atoms with Gasteiger partial charge in [-0.15, -0.1) is 0 Å². The first kappa shape index (κ1) is 26.5. The zero-order valence-corrected chi connectivity index (χ0v) is 17.9. The fourth-order valence-electron chi connectivity index (χ4n) is 2.14. The third-order valence-electron chi connectivity index (χ3n) is 4.02. The van der Waals surface area contributed by atoms with Crippen molar-refractivity contribution in [3.63, 3.8) is 0 Å². The second-order valence-corrected chi connectivity index (χ2v) is 7.56. The number of nitrogens with zero attached hydrogens (tertiary/aromatic N) is 1. The summed E-state index contributed by atoms with van der Waals surface area (Å²) in [6.45, 7) is 6.49. The number of rotatable bonds is 15. The maximum atomic E-state index is 12.2. The van der Waals surface area contributed by atoms with Gasteiger partial charge in [-0.1, -0.05) is 20.8 Å². The second-order valence-electron chi connectivity index (χ2n) is 6.41. The van der Waals surface area contributed by atoms with Crippen molar-refractivity contribution < 1.29 is 29.3 Å². The molecule has 0 bridgehead atoms. The Bertz CT molecular complexity index is 461. The molecule has 0 spiro atoms. The molecule has 3 amide bonds. The molecule has 0 aromatic carbocycles. The molecule has 0 saturated heterocycles. The van der Waals surface area contributed by atoms with Crippen LogP contribution in [-0.4, -0.2) is 90.5 Å². The lowest BCUT2D eigenvalue weighted by atomic mass is 10.1. The first-order valence-electron chi connectivity index (χ1n) is 9.63. The number of amides is 3. The minimum atomic E-state index is -0.332. The molecule has 0 radical (unpaired) electrons. The highest BCUT2D eigenvalue weighted by molar-refractivity contribution is 7.99. The molecule has 0 aliphatic heterocycles. The molecule has 4 N–H and O–H groups in total. The Morgan fingerprint density at radius 3 is 2.21 bits per heavy atom. The van der Waals surface area contributed by atoms with Crippen molar-refractivity contribution in [3.8, 4) is 0 Å². The Hall–Kier alpha value is -1.52. The van der Waals surface area contributed by atoms with Gasteiger partial charge in [-0.05, 0) is 6.42 Å². The number of carbonyl (C=O) groups is 3. The first-order valence-corrected chi connectivity index (χ1v) is 10.8. The standard InChI is InChI=1S/C18H35N3O6S/c1-4-14(2)17(25)27-11-5-19-18(26)20-6-12-28-13-15(3)16(24)21(7-9-22)8-10-23/h14-15,22-23H,4-13H2,1-3H3,(H2,19,20,26). The summed E-state index contributed by atoms with van der Waals surface area (Å²) < 4.78 is 5.04. The fraction of sp³-hybridized carbons (Fsp3) is 0.833. The number of urea groups is 1. The Morgan fingerprint density at radius 2 is 1.64 bits per heavy atom. The first-order chi connectivity index (χ1) is 13.4. The zero-order valence-electron chi connectivity index (χ0n) is 17.1. The van der Waals surface area contributed by atoms with Gasteiger partial charge in [0.15, 0.2) is 0 Å². The van der Waals surface area contributed by atoms with Crippen molar-refractivity contribution in [2.24, 2.45) is 11.8 Å². The minimum Gasteiger partial charge on any atom is -0.464 e. The lowest BCUT2D eigenvalue weighted by Gasteiger charge is -2.24. The van der Waals surface area contributed by atoms with Crippen molar-refractivity contribution in [1.29, 1.82) is 0 Å². The molecule has 164 valence electrons. The Kier molecular flexibility index (Phi) is 15.5. The zero-order chi connectivity index (χ0) is 21.4. The molecule has 0 aromatic heterocycles. The molecule has 28 heavy (non-hydrogen) atoms. The maximum Gasteiger partial charge on any atom is 0.314 e. The van der Waals surface area contributed by atoms with Crippen LogP contribution in [0.25, 0.3) is 0 Å². The van der Waals surface area contributed by atoms with Crippen molar-refractivity contribution in [3.05, 3.63) is 0 Å². The van der Waals surface area contributed by atoms with E-state index in [9.17, 15) is 14.4 Å². The summed E-state index contributed by atoms with van der Waals surface area (Å²) in [7, 11) is 0. The molecule has 0 saturated carbocycles. The van der Waals surface area contributed by atoms with Gasteiger partial charge in [0.2, 0.25) is 5.91 Å². The van der Waals surface area contributed by atoms with Crippen molar-refractivity contribution in [2.75, 3.05) is 57.5 Å². The van der Waals surface area contributed by atoms with Gasteiger partial charge in [0.1, 0.15) is 6.61 Å². The van der Waals surface area contributed by atoms with E-state index in [1.54, 1.807) is 13.8 Å². The van der Waals surface area contributed by atoms with Gasteiger partial charge in [0.05, 0.1) is 25.7 Å². The number of carbonyl (C=O) groups excluding carboxylic acids is 3. The summed E-state index contributed by atoms with van der Waals surface area (Å²) in [5, 5.41) is 23.3. The highest BCUT2D eigenvalue weighted by Crippen LogP contribution is 2.11. The topological polar surface area (TPSA) is 128 Å². The largest absolute Gasteiger partial charge is 0.464 e. The highest BCUT2D eigenvalue weighted by Gasteiger charge is 2.19. The van der Waals surface area contributed by atoms with Crippen LogP contribution in [0.1, 0.15) is 27.2 Å². The molecule has 10 heteroatoms. The van der Waals surface area contributed by atoms with Crippen LogP contribution in [0.4, 0.5) is 4.79 Å². The van der Waals surface area contributed by atoms with E-state index in [0.29, 0.717) is 18.1 Å². The van der Waals surface area contributed by atoms with E-state index in [2.05, 4.69) is 10.6 Å². The third kappa shape index (κ3) is 12.0. The number of ether oxygens (including phenoxy) is 1. The summed E-state index contributed by atoms with van der Waals surface area (Å²) in [6, 6.07) is -0.332. The average Bonchev–Trinajstić information content (AvgIpc) is 2.69. The quantitative estimate of drug-likeness (QED) is 0.217. The van der Waals surface area contributed by atoms with Crippen LogP contribution >= 0.6 is 11.8 Å². The normalized spacial score (nSPS) is 12.8. The third-order valence-corrected chi connectivity index (χ3v) is 5.25. The van der Waals surface area contributed by atoms with Crippen molar-refractivity contribution in [1.82, 2.24) is 15.5 Å². The van der Waals surface area contributed by atoms with Gasteiger partial charge in [-0.25, -0.2) is 4.79 Å². The van der Waals surface area contributed by atoms with E-state index in [1.807, 2.05) is 6.92 Å². The van der Waals surface area contributed by atoms with E-state index in [-0.39, 0.29) is 69.2 Å². The Morgan fingerprint density at radius 1 is 1.04 bits per heavy atom. The molecule has 0 aliphatic carbocycles. The monoisotopic (exact) mass is 421 g/mol. The molecule has 0 heterocycles. The van der Waals surface area contributed by atoms with Gasteiger partial charge in [0, 0.05) is 37.1 Å². The molecule has 2 atom stereocenters. The van der Waals surface area contributed by atoms with E-state index >= 15 is 0 Å². The number of hydrogen-bond donors (Lipinski definition) is 4. The number of aliphatic hydroxyl groups is 2. The minimum absolute atomic E-state index is 0.103. The van der Waals surface area contributed by atoms with Crippen LogP contribution in [0.15, 0.2) is 0 Å². The van der Waals surface area contributed by atoms with Crippen LogP contribution < -0.4 is 10.6 Å². The van der Waals surface area contributed by atoms with Crippen LogP contribution in [0.5, 0.6) is 0 Å². The molecular formula is C18H35N3O6S. The predicted molar refractivity (Wildman–Crippen MR) is 109 cm³/mol. The molecule has 0 aliphatic rings. The average molecular weight is 422 g/mol. The molecule has 0 aromatic rings. The van der Waals surface area contributed by atoms with E-state index in [4.69, 9.17) is 14.9 Å². The van der Waals surface area contributed by atoms with Crippen LogP contribution in [-0.2, 0) is 14.3 Å². The summed E-state index contributed by atoms with van der Waals surface area (Å²) in [4.78, 5) is 36.8. The summed E-state index contributed by atoms with van der Waals surface area (Å²) >= 11 is 1.54. The number of aliphatic hydroxyl groups excluding tert-OH is 2. The fourth-order valence-corrected chi connectivity index (χ4v) is 3.05. The molecule has 2 unspecified atom stereocenters. The number of hydrogen-bond acceptors (Lipinski definition) is 7.